The van der Waals surface area contributed by atoms with Crippen LogP contribution in [-0.4, -0.2) is 21.8 Å². The number of amides is 1. The molecule has 1 aliphatic carbocycles. The van der Waals surface area contributed by atoms with Gasteiger partial charge in [0.2, 0.25) is 0 Å². The summed E-state index contributed by atoms with van der Waals surface area (Å²) in [5.41, 5.74) is 6.54. The molecular formula is C18H16ClFN4OS. The van der Waals surface area contributed by atoms with Crippen LogP contribution in [0.25, 0.3) is 0 Å². The number of carbonyl (C=O) groups excluding carboxylic acids is 1. The molecule has 2 heterocycles. The molecule has 5 nitrogen and oxygen atoms in total. The van der Waals surface area contributed by atoms with Gasteiger partial charge in [0.25, 0.3) is 5.91 Å². The lowest BCUT2D eigenvalue weighted by atomic mass is 10.0. The Bertz CT molecular complexity index is 905. The van der Waals surface area contributed by atoms with Crippen LogP contribution in [0.1, 0.15) is 28.9 Å². The summed E-state index contributed by atoms with van der Waals surface area (Å²) in [6.45, 7) is 0. The molecule has 0 unspecified atom stereocenters. The molecule has 134 valence electrons. The van der Waals surface area contributed by atoms with Crippen LogP contribution in [0.2, 0.25) is 5.02 Å². The third-order valence-corrected chi connectivity index (χ3v) is 5.80. The number of hydrogen-bond donors (Lipinski definition) is 2. The van der Waals surface area contributed by atoms with Crippen molar-refractivity contribution >= 4 is 40.1 Å². The van der Waals surface area contributed by atoms with Crippen molar-refractivity contribution in [1.82, 2.24) is 4.98 Å². The van der Waals surface area contributed by atoms with Gasteiger partial charge in [-0.05, 0) is 49.1 Å². The van der Waals surface area contributed by atoms with Gasteiger partial charge in [0.1, 0.15) is 11.5 Å². The molecule has 1 aromatic heterocycles. The number of aromatic nitrogens is 1. The van der Waals surface area contributed by atoms with Crippen LogP contribution in [0.4, 0.5) is 10.1 Å². The van der Waals surface area contributed by atoms with Crippen molar-refractivity contribution in [2.45, 2.75) is 18.4 Å². The first-order chi connectivity index (χ1) is 12.5. The average Bonchev–Trinajstić information content (AvgIpc) is 3.31. The fourth-order valence-corrected chi connectivity index (χ4v) is 4.31. The molecule has 4 rings (SSSR count). The first-order valence-corrected chi connectivity index (χ1v) is 9.55. The normalized spacial score (nSPS) is 24.2. The summed E-state index contributed by atoms with van der Waals surface area (Å²) in [6.07, 6.45) is 3.13. The molecule has 0 radical (unpaired) electrons. The summed E-state index contributed by atoms with van der Waals surface area (Å²) in [4.78, 5) is 20.9. The number of pyridine rings is 1. The van der Waals surface area contributed by atoms with Gasteiger partial charge in [-0.2, -0.15) is 0 Å². The molecule has 1 fully saturated rings. The molecule has 2 aromatic rings. The predicted octanol–water partition coefficient (Wildman–Crippen LogP) is 3.79. The highest BCUT2D eigenvalue weighted by atomic mass is 35.5. The largest absolute Gasteiger partial charge is 0.379 e. The van der Waals surface area contributed by atoms with Gasteiger partial charge in [-0.25, -0.2) is 9.37 Å². The SMILES string of the molecule is NC1=N[C@@]2(c3cc(NC(=O)c4ccc(Cl)cn4)ccc3F)C[C@H]2CCS1. The fraction of sp³-hybridized carbons (Fsp3) is 0.278. The van der Waals surface area contributed by atoms with Crippen molar-refractivity contribution < 1.29 is 9.18 Å². The van der Waals surface area contributed by atoms with Crippen molar-refractivity contribution in [3.8, 4) is 0 Å². The number of nitrogens with two attached hydrogens (primary N) is 1. The number of fused-ring (bicyclic) bond motifs is 1. The Morgan fingerprint density at radius 1 is 1.38 bits per heavy atom. The number of aliphatic imine (C=N–C) groups is 1. The van der Waals surface area contributed by atoms with E-state index in [-0.39, 0.29) is 23.3 Å². The van der Waals surface area contributed by atoms with E-state index in [1.54, 1.807) is 12.1 Å². The highest BCUT2D eigenvalue weighted by Gasteiger charge is 2.57. The van der Waals surface area contributed by atoms with E-state index in [9.17, 15) is 9.18 Å². The molecule has 0 bridgehead atoms. The monoisotopic (exact) mass is 390 g/mol. The van der Waals surface area contributed by atoms with E-state index in [1.807, 2.05) is 0 Å². The summed E-state index contributed by atoms with van der Waals surface area (Å²) in [5.74, 6) is 0.457. The number of thioether (sulfide) groups is 1. The van der Waals surface area contributed by atoms with Crippen molar-refractivity contribution in [1.29, 1.82) is 0 Å². The topological polar surface area (TPSA) is 80.4 Å². The molecule has 1 aromatic carbocycles. The molecule has 1 amide bonds. The maximum Gasteiger partial charge on any atom is 0.274 e. The molecule has 1 aliphatic heterocycles. The van der Waals surface area contributed by atoms with Crippen LogP contribution in [0.15, 0.2) is 41.5 Å². The first-order valence-electron chi connectivity index (χ1n) is 8.19. The number of hydrogen-bond acceptors (Lipinski definition) is 5. The maximum atomic E-state index is 14.5. The number of carbonyl (C=O) groups is 1. The number of benzene rings is 1. The molecule has 0 saturated heterocycles. The Labute approximate surface area is 159 Å². The number of rotatable bonds is 3. The van der Waals surface area contributed by atoms with Gasteiger partial charge in [-0.3, -0.25) is 9.79 Å². The summed E-state index contributed by atoms with van der Waals surface area (Å²) in [7, 11) is 0. The third kappa shape index (κ3) is 3.17. The second kappa shape index (κ2) is 6.55. The quantitative estimate of drug-likeness (QED) is 0.835. The molecule has 2 atom stereocenters. The fourth-order valence-electron chi connectivity index (χ4n) is 3.36. The number of amidine groups is 1. The van der Waals surface area contributed by atoms with Crippen LogP contribution in [-0.2, 0) is 5.54 Å². The number of anilines is 1. The molecule has 3 N–H and O–H groups in total. The lowest BCUT2D eigenvalue weighted by Crippen LogP contribution is -2.17. The summed E-state index contributed by atoms with van der Waals surface area (Å²) in [5, 5.41) is 3.69. The summed E-state index contributed by atoms with van der Waals surface area (Å²) in [6, 6.07) is 7.66. The van der Waals surface area contributed by atoms with Crippen LogP contribution in [0.3, 0.4) is 0 Å². The van der Waals surface area contributed by atoms with Crippen molar-refractivity contribution in [2.24, 2.45) is 16.6 Å². The van der Waals surface area contributed by atoms with Crippen LogP contribution in [0.5, 0.6) is 0 Å². The minimum absolute atomic E-state index is 0.232. The number of nitrogens with zero attached hydrogens (tertiary/aromatic N) is 2. The molecule has 1 saturated carbocycles. The highest BCUT2D eigenvalue weighted by molar-refractivity contribution is 8.13. The van der Waals surface area contributed by atoms with Crippen LogP contribution in [0, 0.1) is 11.7 Å². The van der Waals surface area contributed by atoms with E-state index in [4.69, 9.17) is 17.3 Å². The predicted molar refractivity (Wildman–Crippen MR) is 102 cm³/mol. The van der Waals surface area contributed by atoms with E-state index in [1.165, 1.54) is 36.2 Å². The number of halogens is 2. The Kier molecular flexibility index (Phi) is 4.36. The van der Waals surface area contributed by atoms with Gasteiger partial charge in [0.05, 0.1) is 10.6 Å². The second-order valence-corrected chi connectivity index (χ2v) is 7.97. The molecule has 0 spiro atoms. The smallest absolute Gasteiger partial charge is 0.274 e. The maximum absolute atomic E-state index is 14.5. The van der Waals surface area contributed by atoms with E-state index >= 15 is 0 Å². The molecular weight excluding hydrogens is 375 g/mol. The van der Waals surface area contributed by atoms with Gasteiger partial charge in [0.15, 0.2) is 5.17 Å². The van der Waals surface area contributed by atoms with Crippen molar-refractivity contribution in [2.75, 3.05) is 11.1 Å². The standard InChI is InChI=1S/C18H16ClFN4OS/c19-11-1-4-15(22-9-11)16(25)23-12-2-3-14(20)13(7-12)18-8-10(18)5-6-26-17(21)24-18/h1-4,7,9-10H,5-6,8H2,(H2,21,24)(H,23,25)/t10-,18+/m1/s1. The molecule has 2 aliphatic rings. The number of nitrogens with one attached hydrogen (secondary N) is 1. The average molecular weight is 391 g/mol. The van der Waals surface area contributed by atoms with Gasteiger partial charge in [-0.1, -0.05) is 23.4 Å². The second-order valence-electron chi connectivity index (χ2n) is 6.42. The van der Waals surface area contributed by atoms with E-state index < -0.39 is 5.54 Å². The lowest BCUT2D eigenvalue weighted by Gasteiger charge is -2.15. The zero-order chi connectivity index (χ0) is 18.3. The van der Waals surface area contributed by atoms with Gasteiger partial charge in [-0.15, -0.1) is 0 Å². The van der Waals surface area contributed by atoms with Gasteiger partial charge in [0, 0.05) is 23.2 Å². The Morgan fingerprint density at radius 2 is 2.23 bits per heavy atom. The molecule has 8 heteroatoms. The van der Waals surface area contributed by atoms with Gasteiger partial charge >= 0.3 is 0 Å². The zero-order valence-corrected chi connectivity index (χ0v) is 15.3. The Balaban J connectivity index is 1.62. The minimum atomic E-state index is -0.600. The summed E-state index contributed by atoms with van der Waals surface area (Å²) >= 11 is 7.29. The van der Waals surface area contributed by atoms with Crippen molar-refractivity contribution in [3.63, 3.8) is 0 Å². The van der Waals surface area contributed by atoms with E-state index in [0.29, 0.717) is 21.4 Å². The third-order valence-electron chi connectivity index (χ3n) is 4.75. The summed E-state index contributed by atoms with van der Waals surface area (Å²) < 4.78 is 14.5. The van der Waals surface area contributed by atoms with Crippen LogP contribution >= 0.6 is 23.4 Å². The molecule has 26 heavy (non-hydrogen) atoms. The van der Waals surface area contributed by atoms with E-state index in [0.717, 1.165) is 18.6 Å². The zero-order valence-electron chi connectivity index (χ0n) is 13.7. The Morgan fingerprint density at radius 3 is 3.00 bits per heavy atom. The highest BCUT2D eigenvalue weighted by Crippen LogP contribution is 2.59. The van der Waals surface area contributed by atoms with Crippen molar-refractivity contribution in [3.05, 3.63) is 58.6 Å². The first kappa shape index (κ1) is 17.3. The lowest BCUT2D eigenvalue weighted by molar-refractivity contribution is 0.102. The Hall–Kier alpha value is -2.12. The van der Waals surface area contributed by atoms with Crippen LogP contribution < -0.4 is 11.1 Å². The minimum Gasteiger partial charge on any atom is -0.379 e. The van der Waals surface area contributed by atoms with E-state index in [2.05, 4.69) is 15.3 Å². The van der Waals surface area contributed by atoms with Gasteiger partial charge < -0.3 is 11.1 Å².